The van der Waals surface area contributed by atoms with Crippen molar-refractivity contribution < 1.29 is 4.79 Å². The minimum Gasteiger partial charge on any atom is -0.353 e. The highest BCUT2D eigenvalue weighted by Gasteiger charge is 1.90. The van der Waals surface area contributed by atoms with Gasteiger partial charge in [-0.25, -0.2) is 0 Å². The lowest BCUT2D eigenvalue weighted by atomic mass is 10.3. The summed E-state index contributed by atoms with van der Waals surface area (Å²) in [6.07, 6.45) is 6.82. The lowest BCUT2D eigenvalue weighted by Gasteiger charge is -1.97. The van der Waals surface area contributed by atoms with Crippen molar-refractivity contribution in [2.24, 2.45) is 0 Å². The van der Waals surface area contributed by atoms with E-state index in [0.29, 0.717) is 0 Å². The number of unbranched alkanes of at least 4 members (excludes halogenated alkanes) is 1. The summed E-state index contributed by atoms with van der Waals surface area (Å²) >= 11 is 0. The summed E-state index contributed by atoms with van der Waals surface area (Å²) in [7, 11) is 0. The molecule has 2 nitrogen and oxygen atoms in total. The number of amides is 1. The lowest BCUT2D eigenvalue weighted by molar-refractivity contribution is -0.116. The van der Waals surface area contributed by atoms with E-state index >= 15 is 0 Å². The van der Waals surface area contributed by atoms with Gasteiger partial charge in [0.2, 0.25) is 5.91 Å². The predicted octanol–water partition coefficient (Wildman–Crippen LogP) is 1.64. The standard InChI is InChI=1S/C9H15NO/c1-3-5-7-9(11)10-8-6-4-2/h3,5,7H,1,4,6,8H2,2H3,(H,10,11). The predicted molar refractivity (Wildman–Crippen MR) is 47.3 cm³/mol. The first-order valence-electron chi connectivity index (χ1n) is 3.88. The van der Waals surface area contributed by atoms with E-state index in [-0.39, 0.29) is 5.91 Å². The molecule has 0 aliphatic heterocycles. The van der Waals surface area contributed by atoms with Gasteiger partial charge in [0.25, 0.3) is 0 Å². The molecule has 0 saturated carbocycles. The first-order chi connectivity index (χ1) is 5.31. The number of hydrogen-bond donors (Lipinski definition) is 1. The van der Waals surface area contributed by atoms with Crippen LogP contribution in [0.25, 0.3) is 0 Å². The molecule has 0 fully saturated rings. The van der Waals surface area contributed by atoms with Crippen molar-refractivity contribution in [2.75, 3.05) is 6.54 Å². The zero-order valence-corrected chi connectivity index (χ0v) is 6.97. The molecule has 0 radical (unpaired) electrons. The average molecular weight is 153 g/mol. The number of hydrogen-bond acceptors (Lipinski definition) is 1. The van der Waals surface area contributed by atoms with E-state index in [1.807, 2.05) is 0 Å². The molecule has 1 N–H and O–H groups in total. The van der Waals surface area contributed by atoms with E-state index < -0.39 is 0 Å². The minimum absolute atomic E-state index is 0.0432. The van der Waals surface area contributed by atoms with Crippen molar-refractivity contribution >= 4 is 5.91 Å². The Labute approximate surface area is 68.0 Å². The third-order valence-electron chi connectivity index (χ3n) is 1.21. The second-order valence-electron chi connectivity index (χ2n) is 2.24. The van der Waals surface area contributed by atoms with Gasteiger partial charge in [0, 0.05) is 12.6 Å². The summed E-state index contributed by atoms with van der Waals surface area (Å²) in [5, 5.41) is 2.74. The highest BCUT2D eigenvalue weighted by atomic mass is 16.1. The largest absolute Gasteiger partial charge is 0.353 e. The molecule has 0 aliphatic carbocycles. The summed E-state index contributed by atoms with van der Waals surface area (Å²) in [6.45, 7) is 6.31. The van der Waals surface area contributed by atoms with E-state index in [1.165, 1.54) is 6.08 Å². The highest BCUT2D eigenvalue weighted by Crippen LogP contribution is 1.82. The van der Waals surface area contributed by atoms with Crippen LogP contribution in [0.15, 0.2) is 24.8 Å². The first kappa shape index (κ1) is 9.95. The third-order valence-corrected chi connectivity index (χ3v) is 1.21. The van der Waals surface area contributed by atoms with Crippen LogP contribution in [0.3, 0.4) is 0 Å². The van der Waals surface area contributed by atoms with Crippen molar-refractivity contribution in [3.63, 3.8) is 0 Å². The van der Waals surface area contributed by atoms with Crippen molar-refractivity contribution in [2.45, 2.75) is 19.8 Å². The Morgan fingerprint density at radius 3 is 2.91 bits per heavy atom. The van der Waals surface area contributed by atoms with Crippen LogP contribution in [0.2, 0.25) is 0 Å². The molecule has 2 heteroatoms. The molecule has 11 heavy (non-hydrogen) atoms. The smallest absolute Gasteiger partial charge is 0.243 e. The van der Waals surface area contributed by atoms with Crippen molar-refractivity contribution in [1.29, 1.82) is 0 Å². The fraction of sp³-hybridized carbons (Fsp3) is 0.444. The van der Waals surface area contributed by atoms with Crippen LogP contribution in [0.5, 0.6) is 0 Å². The Bertz CT molecular complexity index is 150. The fourth-order valence-corrected chi connectivity index (χ4v) is 0.603. The van der Waals surface area contributed by atoms with Gasteiger partial charge in [0.05, 0.1) is 0 Å². The van der Waals surface area contributed by atoms with Crippen LogP contribution in [-0.2, 0) is 4.79 Å². The molecule has 0 atom stereocenters. The summed E-state index contributed by atoms with van der Waals surface area (Å²) in [5.74, 6) is -0.0432. The third kappa shape index (κ3) is 6.84. The van der Waals surface area contributed by atoms with E-state index in [2.05, 4.69) is 18.8 Å². The number of carbonyl (C=O) groups is 1. The van der Waals surface area contributed by atoms with Crippen molar-refractivity contribution in [3.05, 3.63) is 24.8 Å². The van der Waals surface area contributed by atoms with E-state index in [0.717, 1.165) is 19.4 Å². The van der Waals surface area contributed by atoms with Crippen LogP contribution < -0.4 is 5.32 Å². The molecule has 0 aromatic carbocycles. The minimum atomic E-state index is -0.0432. The van der Waals surface area contributed by atoms with Gasteiger partial charge in [0.15, 0.2) is 0 Å². The number of allylic oxidation sites excluding steroid dienone is 2. The van der Waals surface area contributed by atoms with Gasteiger partial charge in [-0.05, 0) is 6.42 Å². The van der Waals surface area contributed by atoms with E-state index in [1.54, 1.807) is 12.2 Å². The summed E-state index contributed by atoms with van der Waals surface area (Å²) < 4.78 is 0. The molecule has 0 unspecified atom stereocenters. The van der Waals surface area contributed by atoms with Crippen LogP contribution in [-0.4, -0.2) is 12.5 Å². The zero-order valence-electron chi connectivity index (χ0n) is 6.97. The average Bonchev–Trinajstić information content (AvgIpc) is 2.01. The monoisotopic (exact) mass is 153 g/mol. The molecule has 0 aliphatic rings. The molecular weight excluding hydrogens is 138 g/mol. The molecule has 0 bridgehead atoms. The zero-order chi connectivity index (χ0) is 8.53. The molecule has 0 saturated heterocycles. The Balaban J connectivity index is 3.37. The van der Waals surface area contributed by atoms with E-state index in [4.69, 9.17) is 0 Å². The van der Waals surface area contributed by atoms with Gasteiger partial charge in [-0.1, -0.05) is 32.1 Å². The van der Waals surface area contributed by atoms with Crippen LogP contribution in [0.1, 0.15) is 19.8 Å². The normalized spacial score (nSPS) is 9.91. The highest BCUT2D eigenvalue weighted by molar-refractivity contribution is 5.87. The molecule has 62 valence electrons. The SMILES string of the molecule is C=CC=CC(=O)NCCCC. The number of nitrogens with one attached hydrogen (secondary N) is 1. The van der Waals surface area contributed by atoms with Crippen LogP contribution >= 0.6 is 0 Å². The number of carbonyl (C=O) groups excluding carboxylic acids is 1. The Morgan fingerprint density at radius 1 is 1.64 bits per heavy atom. The van der Waals surface area contributed by atoms with Crippen molar-refractivity contribution in [1.82, 2.24) is 5.32 Å². The Morgan fingerprint density at radius 2 is 2.36 bits per heavy atom. The molecule has 0 heterocycles. The van der Waals surface area contributed by atoms with Crippen LogP contribution in [0.4, 0.5) is 0 Å². The first-order valence-corrected chi connectivity index (χ1v) is 3.88. The maximum absolute atomic E-state index is 10.8. The maximum Gasteiger partial charge on any atom is 0.243 e. The Kier molecular flexibility index (Phi) is 6.39. The maximum atomic E-state index is 10.8. The molecular formula is C9H15NO. The Hall–Kier alpha value is -1.05. The molecule has 0 rings (SSSR count). The summed E-state index contributed by atoms with van der Waals surface area (Å²) in [4.78, 5) is 10.8. The van der Waals surface area contributed by atoms with Gasteiger partial charge in [-0.3, -0.25) is 4.79 Å². The topological polar surface area (TPSA) is 29.1 Å². The second kappa shape index (κ2) is 7.06. The van der Waals surface area contributed by atoms with Gasteiger partial charge in [-0.2, -0.15) is 0 Å². The fourth-order valence-electron chi connectivity index (χ4n) is 0.603. The van der Waals surface area contributed by atoms with Crippen LogP contribution in [0, 0.1) is 0 Å². The van der Waals surface area contributed by atoms with Gasteiger partial charge >= 0.3 is 0 Å². The van der Waals surface area contributed by atoms with Crippen molar-refractivity contribution in [3.8, 4) is 0 Å². The van der Waals surface area contributed by atoms with E-state index in [9.17, 15) is 4.79 Å². The molecule has 0 spiro atoms. The summed E-state index contributed by atoms with van der Waals surface area (Å²) in [5.41, 5.74) is 0. The molecule has 0 aromatic rings. The molecule has 0 aromatic heterocycles. The second-order valence-corrected chi connectivity index (χ2v) is 2.24. The van der Waals surface area contributed by atoms with Gasteiger partial charge < -0.3 is 5.32 Å². The quantitative estimate of drug-likeness (QED) is 0.363. The molecule has 1 amide bonds. The summed E-state index contributed by atoms with van der Waals surface area (Å²) in [6, 6.07) is 0. The number of rotatable bonds is 5. The lowest BCUT2D eigenvalue weighted by Crippen LogP contribution is -2.21. The van der Waals surface area contributed by atoms with Gasteiger partial charge in [-0.15, -0.1) is 0 Å². The van der Waals surface area contributed by atoms with Gasteiger partial charge in [0.1, 0.15) is 0 Å².